The first-order valence-corrected chi connectivity index (χ1v) is 9.79. The van der Waals surface area contributed by atoms with Crippen LogP contribution in [0, 0.1) is 6.92 Å². The van der Waals surface area contributed by atoms with Crippen LogP contribution >= 0.6 is 23.2 Å². The molecule has 0 aliphatic heterocycles. The van der Waals surface area contributed by atoms with E-state index in [-0.39, 0.29) is 0 Å². The van der Waals surface area contributed by atoms with Gasteiger partial charge in [0.25, 0.3) is 0 Å². The molecule has 4 aromatic rings. The van der Waals surface area contributed by atoms with Crippen LogP contribution in [0.2, 0.25) is 10.0 Å². The molecule has 8 heteroatoms. The number of tetrazole rings is 1. The summed E-state index contributed by atoms with van der Waals surface area (Å²) >= 11 is 12.9. The average Bonchev–Trinajstić information content (AvgIpc) is 3.32. The monoisotopic (exact) mass is 415 g/mol. The molecule has 0 spiro atoms. The Kier molecular flexibility index (Phi) is 5.24. The van der Waals surface area contributed by atoms with Crippen molar-refractivity contribution in [3.05, 3.63) is 57.1 Å². The third-order valence-electron chi connectivity index (χ3n) is 4.65. The normalized spacial score (nSPS) is 11.3. The second-order valence-electron chi connectivity index (χ2n) is 6.68. The molecule has 0 atom stereocenters. The van der Waals surface area contributed by atoms with Crippen LogP contribution in [0.25, 0.3) is 22.6 Å². The first-order chi connectivity index (χ1) is 13.5. The Labute approximate surface area is 172 Å². The summed E-state index contributed by atoms with van der Waals surface area (Å²) < 4.78 is 5.85. The van der Waals surface area contributed by atoms with Crippen molar-refractivity contribution in [1.29, 1.82) is 0 Å². The molecule has 0 bridgehead atoms. The van der Waals surface area contributed by atoms with Gasteiger partial charge in [-0.25, -0.2) is 0 Å². The molecule has 2 heterocycles. The molecule has 4 rings (SSSR count). The third kappa shape index (κ3) is 3.70. The van der Waals surface area contributed by atoms with E-state index in [9.17, 15) is 0 Å². The van der Waals surface area contributed by atoms with E-state index in [2.05, 4.69) is 45.9 Å². The number of aromatic amines is 1. The van der Waals surface area contributed by atoms with Gasteiger partial charge in [0.05, 0.1) is 0 Å². The minimum absolute atomic E-state index is 0.407. The Morgan fingerprint density at radius 2 is 1.96 bits per heavy atom. The Morgan fingerprint density at radius 1 is 1.11 bits per heavy atom. The first-order valence-electron chi connectivity index (χ1n) is 9.04. The fourth-order valence-corrected chi connectivity index (χ4v) is 3.85. The van der Waals surface area contributed by atoms with E-state index in [1.165, 1.54) is 11.1 Å². The van der Waals surface area contributed by atoms with E-state index in [1.54, 1.807) is 0 Å². The molecule has 28 heavy (non-hydrogen) atoms. The minimum Gasteiger partial charge on any atom is -0.453 e. The van der Waals surface area contributed by atoms with E-state index in [0.29, 0.717) is 28.7 Å². The van der Waals surface area contributed by atoms with Gasteiger partial charge < -0.3 is 9.73 Å². The van der Waals surface area contributed by atoms with Gasteiger partial charge in [0.2, 0.25) is 5.82 Å². The van der Waals surface area contributed by atoms with E-state index in [0.717, 1.165) is 34.5 Å². The van der Waals surface area contributed by atoms with Crippen LogP contribution in [-0.2, 0) is 13.0 Å². The van der Waals surface area contributed by atoms with Crippen molar-refractivity contribution in [3.63, 3.8) is 0 Å². The van der Waals surface area contributed by atoms with Gasteiger partial charge in [-0.15, -0.1) is 10.2 Å². The summed E-state index contributed by atoms with van der Waals surface area (Å²) in [7, 11) is 0. The summed E-state index contributed by atoms with van der Waals surface area (Å²) in [5.41, 5.74) is 5.00. The van der Waals surface area contributed by atoms with Gasteiger partial charge in [-0.2, -0.15) is 5.21 Å². The van der Waals surface area contributed by atoms with E-state index in [1.807, 2.05) is 24.3 Å². The molecule has 2 aromatic heterocycles. The van der Waals surface area contributed by atoms with Crippen molar-refractivity contribution in [2.45, 2.75) is 33.2 Å². The highest BCUT2D eigenvalue weighted by Gasteiger charge is 2.13. The van der Waals surface area contributed by atoms with E-state index >= 15 is 0 Å². The summed E-state index contributed by atoms with van der Waals surface area (Å²) in [6.07, 6.45) is 2.05. The highest BCUT2D eigenvalue weighted by molar-refractivity contribution is 6.32. The van der Waals surface area contributed by atoms with E-state index in [4.69, 9.17) is 27.6 Å². The molecule has 0 amide bonds. The summed E-state index contributed by atoms with van der Waals surface area (Å²) in [5.74, 6) is 0.947. The lowest BCUT2D eigenvalue weighted by molar-refractivity contribution is 0.625. The summed E-state index contributed by atoms with van der Waals surface area (Å²) in [6, 6.07) is 9.73. The topological polar surface area (TPSA) is 79.6 Å². The zero-order valence-corrected chi connectivity index (χ0v) is 17.0. The molecular weight excluding hydrogens is 397 g/mol. The molecule has 0 aliphatic carbocycles. The van der Waals surface area contributed by atoms with Gasteiger partial charge in [-0.3, -0.25) is 0 Å². The number of halogens is 2. The molecule has 2 aromatic carbocycles. The number of hydrogen-bond donors (Lipinski definition) is 2. The number of nitrogens with zero attached hydrogens (tertiary/aromatic N) is 3. The number of anilines is 1. The standard InChI is InChI=1S/C20H19Cl2N5O/c1-3-4-15-11(2)5-14(9-17(15)22)23-10-13-8-18-12(6-16(13)21)7-19(28-18)20-24-26-27-25-20/h5-9,23H,3-4,10H2,1-2H3,(H,24,25,26,27). The quantitative estimate of drug-likeness (QED) is 0.416. The van der Waals surface area contributed by atoms with Gasteiger partial charge >= 0.3 is 0 Å². The van der Waals surface area contributed by atoms with Crippen LogP contribution in [0.15, 0.2) is 34.7 Å². The van der Waals surface area contributed by atoms with Gasteiger partial charge in [-0.05, 0) is 65.6 Å². The second-order valence-corrected chi connectivity index (χ2v) is 7.50. The number of hydrogen-bond acceptors (Lipinski definition) is 5. The Bertz CT molecular complexity index is 1100. The third-order valence-corrected chi connectivity index (χ3v) is 5.34. The zero-order valence-electron chi connectivity index (χ0n) is 15.5. The predicted molar refractivity (Wildman–Crippen MR) is 112 cm³/mol. The molecular formula is C20H19Cl2N5O. The lowest BCUT2D eigenvalue weighted by atomic mass is 10.0. The van der Waals surface area contributed by atoms with Gasteiger partial charge in [-0.1, -0.05) is 36.5 Å². The molecule has 0 unspecified atom stereocenters. The highest BCUT2D eigenvalue weighted by Crippen LogP contribution is 2.31. The SMILES string of the molecule is CCCc1c(C)cc(NCc2cc3oc(-c4nn[nH]n4)cc3cc2Cl)cc1Cl. The smallest absolute Gasteiger partial charge is 0.239 e. The van der Waals surface area contributed by atoms with Crippen LogP contribution in [-0.4, -0.2) is 20.6 Å². The molecule has 144 valence electrons. The maximum atomic E-state index is 6.48. The summed E-state index contributed by atoms with van der Waals surface area (Å²) in [6.45, 7) is 4.79. The second kappa shape index (κ2) is 7.81. The molecule has 0 saturated heterocycles. The van der Waals surface area contributed by atoms with Crippen molar-refractivity contribution in [1.82, 2.24) is 20.6 Å². The fraction of sp³-hybridized carbons (Fsp3) is 0.250. The van der Waals surface area contributed by atoms with Crippen LogP contribution < -0.4 is 5.32 Å². The highest BCUT2D eigenvalue weighted by atomic mass is 35.5. The minimum atomic E-state index is 0.407. The Morgan fingerprint density at radius 3 is 2.68 bits per heavy atom. The average molecular weight is 416 g/mol. The predicted octanol–water partition coefficient (Wildman–Crippen LogP) is 5.79. The van der Waals surface area contributed by atoms with Crippen molar-refractivity contribution >= 4 is 39.9 Å². The summed E-state index contributed by atoms with van der Waals surface area (Å²) in [5, 5.41) is 19.6. The van der Waals surface area contributed by atoms with Crippen LogP contribution in [0.3, 0.4) is 0 Å². The maximum absolute atomic E-state index is 6.48. The molecule has 0 saturated carbocycles. The molecule has 0 aliphatic rings. The lowest BCUT2D eigenvalue weighted by Crippen LogP contribution is -2.02. The Hall–Kier alpha value is -2.57. The number of aromatic nitrogens is 4. The Balaban J connectivity index is 1.57. The van der Waals surface area contributed by atoms with E-state index < -0.39 is 0 Å². The number of rotatable bonds is 6. The molecule has 0 radical (unpaired) electrons. The van der Waals surface area contributed by atoms with Crippen LogP contribution in [0.1, 0.15) is 30.0 Å². The number of fused-ring (bicyclic) bond motifs is 1. The van der Waals surface area contributed by atoms with Crippen molar-refractivity contribution in [2.24, 2.45) is 0 Å². The van der Waals surface area contributed by atoms with Gasteiger partial charge in [0.1, 0.15) is 5.58 Å². The van der Waals surface area contributed by atoms with Crippen molar-refractivity contribution < 1.29 is 4.42 Å². The van der Waals surface area contributed by atoms with Gasteiger partial charge in [0.15, 0.2) is 5.76 Å². The number of benzene rings is 2. The lowest BCUT2D eigenvalue weighted by Gasteiger charge is -2.13. The molecule has 0 fully saturated rings. The molecule has 6 nitrogen and oxygen atoms in total. The van der Waals surface area contributed by atoms with Gasteiger partial charge in [0, 0.05) is 27.7 Å². The number of nitrogens with one attached hydrogen (secondary N) is 2. The number of H-pyrrole nitrogens is 1. The first kappa shape index (κ1) is 18.8. The summed E-state index contributed by atoms with van der Waals surface area (Å²) in [4.78, 5) is 0. The van der Waals surface area contributed by atoms with Crippen LogP contribution in [0.4, 0.5) is 5.69 Å². The van der Waals surface area contributed by atoms with Crippen molar-refractivity contribution in [3.8, 4) is 11.6 Å². The van der Waals surface area contributed by atoms with Crippen molar-refractivity contribution in [2.75, 3.05) is 5.32 Å². The number of furan rings is 1. The largest absolute Gasteiger partial charge is 0.453 e. The zero-order chi connectivity index (χ0) is 19.7. The fourth-order valence-electron chi connectivity index (χ4n) is 3.25. The van der Waals surface area contributed by atoms with Crippen LogP contribution in [0.5, 0.6) is 0 Å². The maximum Gasteiger partial charge on any atom is 0.239 e. The number of aryl methyl sites for hydroxylation is 1. The molecule has 2 N–H and O–H groups in total.